The number of benzene rings is 2. The van der Waals surface area contributed by atoms with Crippen molar-refractivity contribution < 1.29 is 17.9 Å². The van der Waals surface area contributed by atoms with Crippen LogP contribution in [0.25, 0.3) is 6.08 Å². The van der Waals surface area contributed by atoms with Gasteiger partial charge in [-0.1, -0.05) is 30.4 Å². The Labute approximate surface area is 128 Å². The van der Waals surface area contributed by atoms with Gasteiger partial charge in [0.2, 0.25) is 0 Å². The number of aryl methyl sites for hydroxylation is 1. The summed E-state index contributed by atoms with van der Waals surface area (Å²) >= 11 is 0. The lowest BCUT2D eigenvalue weighted by molar-refractivity contribution is 0.0136. The molecular formula is C18H17F3O. The third-order valence-electron chi connectivity index (χ3n) is 3.28. The minimum Gasteiger partial charge on any atom is -0.488 e. The maximum Gasteiger partial charge on any atom is 0.273 e. The van der Waals surface area contributed by atoms with Gasteiger partial charge in [0.25, 0.3) is 5.92 Å². The van der Waals surface area contributed by atoms with E-state index in [0.29, 0.717) is 18.2 Å². The molecule has 0 bridgehead atoms. The number of alkyl halides is 2. The van der Waals surface area contributed by atoms with Gasteiger partial charge in [0, 0.05) is 12.5 Å². The molecule has 0 saturated heterocycles. The second-order valence-corrected chi connectivity index (χ2v) is 5.24. The predicted octanol–water partition coefficient (Wildman–Crippen LogP) is 5.47. The van der Waals surface area contributed by atoms with E-state index in [1.165, 1.54) is 6.07 Å². The first-order valence-corrected chi connectivity index (χ1v) is 6.84. The highest BCUT2D eigenvalue weighted by molar-refractivity contribution is 5.56. The molecule has 22 heavy (non-hydrogen) atoms. The van der Waals surface area contributed by atoms with Crippen LogP contribution in [0.1, 0.15) is 29.2 Å². The molecule has 0 heterocycles. The molecule has 0 saturated carbocycles. The molecule has 0 aliphatic heterocycles. The van der Waals surface area contributed by atoms with Gasteiger partial charge in [0.05, 0.1) is 5.56 Å². The molecular weight excluding hydrogens is 289 g/mol. The van der Waals surface area contributed by atoms with Crippen molar-refractivity contribution in [3.8, 4) is 5.75 Å². The predicted molar refractivity (Wildman–Crippen MR) is 81.6 cm³/mol. The molecule has 0 aromatic heterocycles. The Morgan fingerprint density at radius 3 is 2.55 bits per heavy atom. The number of rotatable bonds is 5. The fraction of sp³-hybridized carbons (Fsp3) is 0.222. The third-order valence-corrected chi connectivity index (χ3v) is 3.28. The highest BCUT2D eigenvalue weighted by Gasteiger charge is 2.28. The van der Waals surface area contributed by atoms with Crippen LogP contribution in [0.5, 0.6) is 5.75 Å². The lowest BCUT2D eigenvalue weighted by Gasteiger charge is -2.14. The number of ether oxygens (including phenoxy) is 1. The highest BCUT2D eigenvalue weighted by Crippen LogP contribution is 2.30. The van der Waals surface area contributed by atoms with Crippen LogP contribution in [0.3, 0.4) is 0 Å². The van der Waals surface area contributed by atoms with Gasteiger partial charge in [0.1, 0.15) is 18.2 Å². The van der Waals surface area contributed by atoms with Gasteiger partial charge in [-0.2, -0.15) is 0 Å². The summed E-state index contributed by atoms with van der Waals surface area (Å²) < 4.78 is 45.8. The van der Waals surface area contributed by atoms with Crippen molar-refractivity contribution in [2.45, 2.75) is 26.4 Å². The van der Waals surface area contributed by atoms with Crippen LogP contribution in [0, 0.1) is 12.7 Å². The summed E-state index contributed by atoms with van der Waals surface area (Å²) in [7, 11) is 0. The summed E-state index contributed by atoms with van der Waals surface area (Å²) in [4.78, 5) is 0. The first kappa shape index (κ1) is 16.1. The topological polar surface area (TPSA) is 9.23 Å². The number of hydrogen-bond donors (Lipinski definition) is 0. The molecule has 0 amide bonds. The summed E-state index contributed by atoms with van der Waals surface area (Å²) in [6.07, 6.45) is 1.67. The fourth-order valence-electron chi connectivity index (χ4n) is 2.12. The Hall–Kier alpha value is -2.23. The SMILES string of the molecule is C=Cc1cc(C)ccc1OCc1ccc(F)c(C(C)(F)F)c1. The molecule has 1 nitrogen and oxygen atoms in total. The monoisotopic (exact) mass is 306 g/mol. The lowest BCUT2D eigenvalue weighted by Crippen LogP contribution is -2.11. The van der Waals surface area contributed by atoms with Crippen LogP contribution in [0.2, 0.25) is 0 Å². The van der Waals surface area contributed by atoms with E-state index in [9.17, 15) is 13.2 Å². The molecule has 2 rings (SSSR count). The van der Waals surface area contributed by atoms with E-state index in [-0.39, 0.29) is 6.61 Å². The zero-order valence-corrected chi connectivity index (χ0v) is 12.5. The Morgan fingerprint density at radius 1 is 1.18 bits per heavy atom. The van der Waals surface area contributed by atoms with Crippen LogP contribution < -0.4 is 4.74 Å². The Kier molecular flexibility index (Phi) is 4.59. The molecule has 0 aliphatic carbocycles. The molecule has 116 valence electrons. The van der Waals surface area contributed by atoms with Crippen LogP contribution in [0.4, 0.5) is 13.2 Å². The molecule has 0 atom stereocenters. The van der Waals surface area contributed by atoms with Crippen molar-refractivity contribution >= 4 is 6.08 Å². The molecule has 2 aromatic carbocycles. The van der Waals surface area contributed by atoms with Crippen LogP contribution in [-0.2, 0) is 12.5 Å². The van der Waals surface area contributed by atoms with Gasteiger partial charge in [0.15, 0.2) is 0 Å². The minimum absolute atomic E-state index is 0.0766. The summed E-state index contributed by atoms with van der Waals surface area (Å²) in [5.74, 6) is -3.54. The van der Waals surface area contributed by atoms with E-state index in [1.54, 1.807) is 12.1 Å². The van der Waals surface area contributed by atoms with Crippen molar-refractivity contribution in [2.75, 3.05) is 0 Å². The second kappa shape index (κ2) is 6.26. The second-order valence-electron chi connectivity index (χ2n) is 5.24. The van der Waals surface area contributed by atoms with E-state index in [4.69, 9.17) is 4.74 Å². The summed E-state index contributed by atoms with van der Waals surface area (Å²) in [6.45, 7) is 6.42. The van der Waals surface area contributed by atoms with E-state index in [0.717, 1.165) is 23.3 Å². The summed E-state index contributed by atoms with van der Waals surface area (Å²) in [5.41, 5.74) is 1.75. The third kappa shape index (κ3) is 3.70. The van der Waals surface area contributed by atoms with Crippen molar-refractivity contribution in [1.82, 2.24) is 0 Å². The lowest BCUT2D eigenvalue weighted by atomic mass is 10.1. The average Bonchev–Trinajstić information content (AvgIpc) is 2.46. The molecule has 2 aromatic rings. The normalized spacial score (nSPS) is 11.3. The van der Waals surface area contributed by atoms with Gasteiger partial charge in [-0.3, -0.25) is 0 Å². The van der Waals surface area contributed by atoms with Gasteiger partial charge in [-0.05, 0) is 36.8 Å². The highest BCUT2D eigenvalue weighted by atomic mass is 19.3. The molecule has 0 fully saturated rings. The molecule has 0 radical (unpaired) electrons. The minimum atomic E-state index is -3.23. The van der Waals surface area contributed by atoms with Crippen LogP contribution in [0.15, 0.2) is 43.0 Å². The van der Waals surface area contributed by atoms with Crippen LogP contribution in [-0.4, -0.2) is 0 Å². The number of hydrogen-bond acceptors (Lipinski definition) is 1. The summed E-state index contributed by atoms with van der Waals surface area (Å²) in [5, 5.41) is 0. The van der Waals surface area contributed by atoms with Crippen molar-refractivity contribution in [1.29, 1.82) is 0 Å². The van der Waals surface area contributed by atoms with Crippen molar-refractivity contribution in [3.05, 3.63) is 71.0 Å². The Balaban J connectivity index is 2.21. The molecule has 0 spiro atoms. The fourth-order valence-corrected chi connectivity index (χ4v) is 2.12. The average molecular weight is 306 g/mol. The Bertz CT molecular complexity index is 687. The van der Waals surface area contributed by atoms with E-state index in [2.05, 4.69) is 6.58 Å². The maximum atomic E-state index is 13.5. The largest absolute Gasteiger partial charge is 0.488 e. The van der Waals surface area contributed by atoms with E-state index < -0.39 is 17.3 Å². The van der Waals surface area contributed by atoms with Gasteiger partial charge in [-0.15, -0.1) is 0 Å². The first-order valence-electron chi connectivity index (χ1n) is 6.84. The molecule has 0 aliphatic rings. The van der Waals surface area contributed by atoms with Gasteiger partial charge < -0.3 is 4.74 Å². The quantitative estimate of drug-likeness (QED) is 0.712. The van der Waals surface area contributed by atoms with Gasteiger partial charge in [-0.25, -0.2) is 13.2 Å². The Morgan fingerprint density at radius 2 is 1.91 bits per heavy atom. The first-order chi connectivity index (χ1) is 10.3. The zero-order chi connectivity index (χ0) is 16.3. The molecule has 0 N–H and O–H groups in total. The van der Waals surface area contributed by atoms with Crippen molar-refractivity contribution in [3.63, 3.8) is 0 Å². The number of halogens is 3. The maximum absolute atomic E-state index is 13.5. The van der Waals surface area contributed by atoms with E-state index >= 15 is 0 Å². The zero-order valence-electron chi connectivity index (χ0n) is 12.5. The van der Waals surface area contributed by atoms with Crippen LogP contribution >= 0.6 is 0 Å². The molecule has 0 unspecified atom stereocenters. The molecule has 4 heteroatoms. The standard InChI is InChI=1S/C18H17F3O/c1-4-14-9-12(2)5-8-17(14)22-11-13-6-7-16(19)15(10-13)18(3,20)21/h4-10H,1,11H2,2-3H3. The van der Waals surface area contributed by atoms with Gasteiger partial charge >= 0.3 is 0 Å². The smallest absolute Gasteiger partial charge is 0.273 e. The van der Waals surface area contributed by atoms with Crippen molar-refractivity contribution in [2.24, 2.45) is 0 Å². The summed E-state index contributed by atoms with van der Waals surface area (Å²) in [6, 6.07) is 9.21. The van der Waals surface area contributed by atoms with E-state index in [1.807, 2.05) is 19.1 Å².